The van der Waals surface area contributed by atoms with Gasteiger partial charge in [0, 0.05) is 30.9 Å². The van der Waals surface area contributed by atoms with E-state index in [-0.39, 0.29) is 5.84 Å². The third-order valence-electron chi connectivity index (χ3n) is 3.12. The van der Waals surface area contributed by atoms with Gasteiger partial charge in [0.15, 0.2) is 5.84 Å². The first-order valence-electron chi connectivity index (χ1n) is 6.10. The van der Waals surface area contributed by atoms with Crippen LogP contribution in [0, 0.1) is 0 Å². The van der Waals surface area contributed by atoms with E-state index in [1.54, 1.807) is 7.11 Å². The standard InChI is InChI=1S/C13H19N3O2/c1-18-9-8-16(10-6-7-10)12-5-3-2-4-11(12)13(14)15-17/h2-5,10,17H,6-9H2,1H3,(H2,14,15). The molecule has 2 rings (SSSR count). The number of rotatable bonds is 6. The highest BCUT2D eigenvalue weighted by atomic mass is 16.5. The Morgan fingerprint density at radius 2 is 2.22 bits per heavy atom. The molecule has 0 radical (unpaired) electrons. The zero-order valence-electron chi connectivity index (χ0n) is 10.5. The van der Waals surface area contributed by atoms with Crippen LogP contribution in [0.15, 0.2) is 29.4 Å². The summed E-state index contributed by atoms with van der Waals surface area (Å²) in [4.78, 5) is 2.27. The fourth-order valence-electron chi connectivity index (χ4n) is 2.07. The number of para-hydroxylation sites is 1. The van der Waals surface area contributed by atoms with Crippen molar-refractivity contribution in [3.05, 3.63) is 29.8 Å². The molecule has 0 unspecified atom stereocenters. The molecule has 3 N–H and O–H groups in total. The van der Waals surface area contributed by atoms with Gasteiger partial charge in [-0.15, -0.1) is 0 Å². The molecule has 0 atom stereocenters. The molecule has 0 aliphatic heterocycles. The molecule has 1 aromatic carbocycles. The van der Waals surface area contributed by atoms with Crippen molar-refractivity contribution in [1.29, 1.82) is 0 Å². The largest absolute Gasteiger partial charge is 0.409 e. The Labute approximate surface area is 107 Å². The molecule has 98 valence electrons. The van der Waals surface area contributed by atoms with Crippen molar-refractivity contribution in [2.75, 3.05) is 25.2 Å². The summed E-state index contributed by atoms with van der Waals surface area (Å²) in [5, 5.41) is 11.9. The predicted molar refractivity (Wildman–Crippen MR) is 71.2 cm³/mol. The maximum atomic E-state index is 8.84. The molecule has 1 aliphatic rings. The van der Waals surface area contributed by atoms with E-state index in [4.69, 9.17) is 15.7 Å². The molecule has 5 heteroatoms. The number of nitrogens with zero attached hydrogens (tertiary/aromatic N) is 2. The topological polar surface area (TPSA) is 71.1 Å². The number of benzene rings is 1. The van der Waals surface area contributed by atoms with E-state index in [1.807, 2.05) is 24.3 Å². The first kappa shape index (κ1) is 12.7. The number of methoxy groups -OCH3 is 1. The Balaban J connectivity index is 2.28. The lowest BCUT2D eigenvalue weighted by Gasteiger charge is -2.26. The van der Waals surface area contributed by atoms with Crippen molar-refractivity contribution in [2.24, 2.45) is 10.9 Å². The summed E-state index contributed by atoms with van der Waals surface area (Å²) >= 11 is 0. The number of nitrogens with two attached hydrogens (primary N) is 1. The summed E-state index contributed by atoms with van der Waals surface area (Å²) in [6.45, 7) is 1.48. The Morgan fingerprint density at radius 1 is 1.50 bits per heavy atom. The molecule has 0 aromatic heterocycles. The number of anilines is 1. The van der Waals surface area contributed by atoms with Gasteiger partial charge >= 0.3 is 0 Å². The van der Waals surface area contributed by atoms with Crippen LogP contribution in [0.4, 0.5) is 5.69 Å². The fourth-order valence-corrected chi connectivity index (χ4v) is 2.07. The van der Waals surface area contributed by atoms with Crippen molar-refractivity contribution >= 4 is 11.5 Å². The lowest BCUT2D eigenvalue weighted by Crippen LogP contribution is -2.31. The number of amidine groups is 1. The van der Waals surface area contributed by atoms with Crippen LogP contribution in [-0.4, -0.2) is 37.3 Å². The monoisotopic (exact) mass is 249 g/mol. The van der Waals surface area contributed by atoms with Gasteiger partial charge in [0.1, 0.15) is 0 Å². The molecule has 0 amide bonds. The van der Waals surface area contributed by atoms with Gasteiger partial charge in [0.2, 0.25) is 0 Å². The van der Waals surface area contributed by atoms with Crippen molar-refractivity contribution < 1.29 is 9.94 Å². The van der Waals surface area contributed by atoms with Crippen molar-refractivity contribution in [2.45, 2.75) is 18.9 Å². The summed E-state index contributed by atoms with van der Waals surface area (Å²) in [6, 6.07) is 8.27. The zero-order chi connectivity index (χ0) is 13.0. The van der Waals surface area contributed by atoms with E-state index < -0.39 is 0 Å². The van der Waals surface area contributed by atoms with Crippen molar-refractivity contribution in [3.63, 3.8) is 0 Å². The Kier molecular flexibility index (Phi) is 4.04. The second-order valence-corrected chi connectivity index (χ2v) is 4.42. The molecule has 1 fully saturated rings. The molecule has 0 spiro atoms. The number of hydrogen-bond donors (Lipinski definition) is 2. The zero-order valence-corrected chi connectivity index (χ0v) is 10.5. The van der Waals surface area contributed by atoms with E-state index in [0.29, 0.717) is 12.6 Å². The van der Waals surface area contributed by atoms with Crippen LogP contribution in [0.2, 0.25) is 0 Å². The molecule has 1 aliphatic carbocycles. The third-order valence-corrected chi connectivity index (χ3v) is 3.12. The summed E-state index contributed by atoms with van der Waals surface area (Å²) < 4.78 is 5.15. The smallest absolute Gasteiger partial charge is 0.172 e. The highest BCUT2D eigenvalue weighted by Crippen LogP contribution is 2.33. The maximum absolute atomic E-state index is 8.84. The van der Waals surface area contributed by atoms with Crippen molar-refractivity contribution in [1.82, 2.24) is 0 Å². The minimum absolute atomic E-state index is 0.147. The molecule has 0 heterocycles. The van der Waals surface area contributed by atoms with Crippen LogP contribution >= 0.6 is 0 Å². The summed E-state index contributed by atoms with van der Waals surface area (Å²) in [5.41, 5.74) is 7.50. The second kappa shape index (κ2) is 5.73. The van der Waals surface area contributed by atoms with E-state index in [0.717, 1.165) is 17.8 Å². The average Bonchev–Trinajstić information content (AvgIpc) is 3.23. The summed E-state index contributed by atoms with van der Waals surface area (Å²) in [6.07, 6.45) is 2.38. The van der Waals surface area contributed by atoms with E-state index in [1.165, 1.54) is 12.8 Å². The summed E-state index contributed by atoms with van der Waals surface area (Å²) in [7, 11) is 1.69. The molecule has 18 heavy (non-hydrogen) atoms. The Hall–Kier alpha value is -1.75. The normalized spacial score (nSPS) is 15.7. The van der Waals surface area contributed by atoms with Gasteiger partial charge in [-0.25, -0.2) is 0 Å². The SMILES string of the molecule is COCCN(c1ccccc1/C(N)=N/O)C1CC1. The maximum Gasteiger partial charge on any atom is 0.172 e. The number of oxime groups is 1. The molecular formula is C13H19N3O2. The molecule has 1 saturated carbocycles. The minimum Gasteiger partial charge on any atom is -0.409 e. The van der Waals surface area contributed by atoms with Gasteiger partial charge < -0.3 is 20.6 Å². The second-order valence-electron chi connectivity index (χ2n) is 4.42. The fraction of sp³-hybridized carbons (Fsp3) is 0.462. The lowest BCUT2D eigenvalue weighted by molar-refractivity contribution is 0.205. The summed E-state index contributed by atoms with van der Waals surface area (Å²) in [5.74, 6) is 0.147. The number of ether oxygens (including phenoxy) is 1. The van der Waals surface area contributed by atoms with Crippen LogP contribution in [-0.2, 0) is 4.74 Å². The van der Waals surface area contributed by atoms with E-state index >= 15 is 0 Å². The van der Waals surface area contributed by atoms with Crippen molar-refractivity contribution in [3.8, 4) is 0 Å². The van der Waals surface area contributed by atoms with Gasteiger partial charge in [0.05, 0.1) is 6.61 Å². The molecule has 0 saturated heterocycles. The highest BCUT2D eigenvalue weighted by Gasteiger charge is 2.30. The quantitative estimate of drug-likeness (QED) is 0.346. The first-order chi connectivity index (χ1) is 8.77. The Bertz CT molecular complexity index is 430. The third kappa shape index (κ3) is 2.73. The van der Waals surface area contributed by atoms with Crippen LogP contribution in [0.25, 0.3) is 0 Å². The lowest BCUT2D eigenvalue weighted by atomic mass is 10.1. The molecular weight excluding hydrogens is 230 g/mol. The van der Waals surface area contributed by atoms with Gasteiger partial charge in [0.25, 0.3) is 0 Å². The molecule has 0 bridgehead atoms. The van der Waals surface area contributed by atoms with Crippen LogP contribution < -0.4 is 10.6 Å². The van der Waals surface area contributed by atoms with Crippen LogP contribution in [0.5, 0.6) is 0 Å². The van der Waals surface area contributed by atoms with Gasteiger partial charge in [-0.1, -0.05) is 17.3 Å². The van der Waals surface area contributed by atoms with Gasteiger partial charge in [-0.3, -0.25) is 0 Å². The van der Waals surface area contributed by atoms with Crippen LogP contribution in [0.1, 0.15) is 18.4 Å². The molecule has 1 aromatic rings. The highest BCUT2D eigenvalue weighted by molar-refractivity contribution is 6.02. The molecule has 5 nitrogen and oxygen atoms in total. The van der Waals surface area contributed by atoms with Gasteiger partial charge in [-0.05, 0) is 25.0 Å². The first-order valence-corrected chi connectivity index (χ1v) is 6.10. The van der Waals surface area contributed by atoms with Gasteiger partial charge in [-0.2, -0.15) is 0 Å². The average molecular weight is 249 g/mol. The number of hydrogen-bond acceptors (Lipinski definition) is 4. The predicted octanol–water partition coefficient (Wildman–Crippen LogP) is 1.40. The minimum atomic E-state index is 0.147. The van der Waals surface area contributed by atoms with E-state index in [2.05, 4.69) is 10.1 Å². The van der Waals surface area contributed by atoms with E-state index in [9.17, 15) is 0 Å². The van der Waals surface area contributed by atoms with Crippen LogP contribution in [0.3, 0.4) is 0 Å². The Morgan fingerprint density at radius 3 is 2.83 bits per heavy atom.